The van der Waals surface area contributed by atoms with Crippen LogP contribution in [-0.2, 0) is 0 Å². The van der Waals surface area contributed by atoms with Crippen molar-refractivity contribution in [3.63, 3.8) is 0 Å². The number of rotatable bonds is 6. The molecule has 0 saturated carbocycles. The summed E-state index contributed by atoms with van der Waals surface area (Å²) >= 11 is 0. The standard InChI is InChI=1S/C19H23F3N6O3/c1-27-9-8-13(11-27)28(2)16-15(30-3)10-23-17(25-16)26-18(29)24-12-4-6-14(7-5-12)31-19(20,21)22/h4-7,10,13H,8-9,11H2,1-3H3,(H2,23,24,25,26,29). The van der Waals surface area contributed by atoms with Gasteiger partial charge >= 0.3 is 12.4 Å². The first-order chi connectivity index (χ1) is 14.6. The lowest BCUT2D eigenvalue weighted by molar-refractivity contribution is -0.274. The van der Waals surface area contributed by atoms with Crippen LogP contribution in [-0.4, -0.2) is 67.6 Å². The van der Waals surface area contributed by atoms with Crippen LogP contribution in [0, 0.1) is 0 Å². The van der Waals surface area contributed by atoms with Crippen LogP contribution in [0.2, 0.25) is 0 Å². The number of anilines is 3. The highest BCUT2D eigenvalue weighted by Gasteiger charge is 2.31. The number of likely N-dealkylation sites (N-methyl/N-ethyl adjacent to an activating group) is 2. The number of hydrogen-bond acceptors (Lipinski definition) is 7. The van der Waals surface area contributed by atoms with Crippen LogP contribution in [0.1, 0.15) is 6.42 Å². The van der Waals surface area contributed by atoms with Crippen LogP contribution >= 0.6 is 0 Å². The molecule has 1 aliphatic heterocycles. The average Bonchev–Trinajstić information content (AvgIpc) is 3.14. The number of benzene rings is 1. The van der Waals surface area contributed by atoms with Gasteiger partial charge < -0.3 is 24.6 Å². The van der Waals surface area contributed by atoms with Gasteiger partial charge in [0.05, 0.1) is 13.3 Å². The first-order valence-corrected chi connectivity index (χ1v) is 9.41. The van der Waals surface area contributed by atoms with Crippen LogP contribution in [0.15, 0.2) is 30.5 Å². The van der Waals surface area contributed by atoms with E-state index in [2.05, 4.69) is 30.2 Å². The second kappa shape index (κ2) is 9.25. The monoisotopic (exact) mass is 440 g/mol. The Kier molecular flexibility index (Phi) is 6.68. The van der Waals surface area contributed by atoms with Crippen molar-refractivity contribution in [2.24, 2.45) is 0 Å². The van der Waals surface area contributed by atoms with Gasteiger partial charge in [0.15, 0.2) is 11.6 Å². The first-order valence-electron chi connectivity index (χ1n) is 9.41. The molecule has 0 bridgehead atoms. The molecule has 12 heteroatoms. The Balaban J connectivity index is 1.66. The van der Waals surface area contributed by atoms with Gasteiger partial charge in [0.1, 0.15) is 5.75 Å². The van der Waals surface area contributed by atoms with Crippen molar-refractivity contribution in [3.8, 4) is 11.5 Å². The molecule has 2 amide bonds. The Morgan fingerprint density at radius 1 is 1.26 bits per heavy atom. The van der Waals surface area contributed by atoms with Crippen molar-refractivity contribution in [3.05, 3.63) is 30.5 Å². The highest BCUT2D eigenvalue weighted by Crippen LogP contribution is 2.29. The van der Waals surface area contributed by atoms with Gasteiger partial charge in [-0.05, 0) is 44.3 Å². The van der Waals surface area contributed by atoms with Gasteiger partial charge in [-0.1, -0.05) is 0 Å². The number of halogens is 3. The topological polar surface area (TPSA) is 91.8 Å². The molecule has 2 heterocycles. The van der Waals surface area contributed by atoms with E-state index in [1.807, 2.05) is 19.0 Å². The van der Waals surface area contributed by atoms with E-state index in [-0.39, 0.29) is 23.4 Å². The second-order valence-electron chi connectivity index (χ2n) is 7.05. The molecule has 3 rings (SSSR count). The summed E-state index contributed by atoms with van der Waals surface area (Å²) in [5.41, 5.74) is 0.270. The van der Waals surface area contributed by atoms with Gasteiger partial charge in [0, 0.05) is 25.3 Å². The number of carbonyl (C=O) groups excluding carboxylic acids is 1. The fourth-order valence-corrected chi connectivity index (χ4v) is 3.22. The molecule has 31 heavy (non-hydrogen) atoms. The van der Waals surface area contributed by atoms with Crippen molar-refractivity contribution in [2.75, 3.05) is 49.8 Å². The number of carbonyl (C=O) groups is 1. The lowest BCUT2D eigenvalue weighted by Crippen LogP contribution is -2.35. The molecule has 1 saturated heterocycles. The molecule has 1 aromatic heterocycles. The molecule has 168 valence electrons. The first kappa shape index (κ1) is 22.4. The van der Waals surface area contributed by atoms with Crippen molar-refractivity contribution in [1.82, 2.24) is 14.9 Å². The molecule has 1 fully saturated rings. The Hall–Kier alpha value is -3.28. The van der Waals surface area contributed by atoms with Crippen LogP contribution in [0.5, 0.6) is 11.5 Å². The molecule has 1 aromatic carbocycles. The summed E-state index contributed by atoms with van der Waals surface area (Å²) in [7, 11) is 5.47. The Morgan fingerprint density at radius 3 is 2.55 bits per heavy atom. The van der Waals surface area contributed by atoms with E-state index in [0.717, 1.165) is 31.6 Å². The molecule has 0 aliphatic carbocycles. The van der Waals surface area contributed by atoms with Crippen molar-refractivity contribution in [1.29, 1.82) is 0 Å². The summed E-state index contributed by atoms with van der Waals surface area (Å²) in [6.07, 6.45) is -2.34. The zero-order valence-corrected chi connectivity index (χ0v) is 17.2. The molecule has 1 unspecified atom stereocenters. The summed E-state index contributed by atoms with van der Waals surface area (Å²) in [6.45, 7) is 1.85. The Morgan fingerprint density at radius 2 is 1.97 bits per heavy atom. The van der Waals surface area contributed by atoms with Crippen molar-refractivity contribution < 1.29 is 27.4 Å². The maximum Gasteiger partial charge on any atom is 0.573 e. The van der Waals surface area contributed by atoms with Gasteiger partial charge in [0.2, 0.25) is 5.95 Å². The number of ether oxygens (including phenoxy) is 2. The van der Waals surface area contributed by atoms with E-state index < -0.39 is 12.4 Å². The average molecular weight is 440 g/mol. The summed E-state index contributed by atoms with van der Waals surface area (Å²) in [6, 6.07) is 4.35. The van der Waals surface area contributed by atoms with E-state index in [1.165, 1.54) is 25.4 Å². The largest absolute Gasteiger partial charge is 0.573 e. The van der Waals surface area contributed by atoms with E-state index >= 15 is 0 Å². The molecule has 2 N–H and O–H groups in total. The number of amides is 2. The van der Waals surface area contributed by atoms with E-state index in [4.69, 9.17) is 4.74 Å². The smallest absolute Gasteiger partial charge is 0.491 e. The SMILES string of the molecule is COc1cnc(NC(=O)Nc2ccc(OC(F)(F)F)cc2)nc1N(C)C1CCN(C)C1. The number of methoxy groups -OCH3 is 1. The number of nitrogens with zero attached hydrogens (tertiary/aromatic N) is 4. The van der Waals surface area contributed by atoms with Gasteiger partial charge in [-0.25, -0.2) is 9.78 Å². The predicted octanol–water partition coefficient (Wildman–Crippen LogP) is 3.17. The zero-order valence-electron chi connectivity index (χ0n) is 17.2. The third-order valence-corrected chi connectivity index (χ3v) is 4.78. The predicted molar refractivity (Wildman–Crippen MR) is 109 cm³/mol. The maximum atomic E-state index is 12.3. The van der Waals surface area contributed by atoms with Crippen LogP contribution in [0.4, 0.5) is 35.4 Å². The Labute approximate surface area is 177 Å². The minimum Gasteiger partial charge on any atom is -0.491 e. The fraction of sp³-hybridized carbons (Fsp3) is 0.421. The highest BCUT2D eigenvalue weighted by molar-refractivity contribution is 5.98. The molecule has 0 spiro atoms. The molecule has 9 nitrogen and oxygen atoms in total. The maximum absolute atomic E-state index is 12.3. The minimum absolute atomic E-state index is 0.0588. The van der Waals surface area contributed by atoms with Gasteiger partial charge in [-0.2, -0.15) is 4.98 Å². The lowest BCUT2D eigenvalue weighted by Gasteiger charge is -2.27. The minimum atomic E-state index is -4.78. The molecule has 1 aliphatic rings. The molecular weight excluding hydrogens is 417 g/mol. The van der Waals surface area contributed by atoms with Crippen molar-refractivity contribution in [2.45, 2.75) is 18.8 Å². The molecule has 1 atom stereocenters. The van der Waals surface area contributed by atoms with E-state index in [9.17, 15) is 18.0 Å². The van der Waals surface area contributed by atoms with E-state index in [0.29, 0.717) is 11.6 Å². The number of alkyl halides is 3. The number of hydrogen-bond donors (Lipinski definition) is 2. The third kappa shape index (κ3) is 6.10. The number of likely N-dealkylation sites (tertiary alicyclic amines) is 1. The molecule has 2 aromatic rings. The normalized spacial score (nSPS) is 16.6. The van der Waals surface area contributed by atoms with Gasteiger partial charge in [0.25, 0.3) is 0 Å². The highest BCUT2D eigenvalue weighted by atomic mass is 19.4. The van der Waals surface area contributed by atoms with Crippen LogP contribution < -0.4 is 25.0 Å². The van der Waals surface area contributed by atoms with E-state index in [1.54, 1.807) is 0 Å². The quantitative estimate of drug-likeness (QED) is 0.713. The Bertz CT molecular complexity index is 910. The van der Waals surface area contributed by atoms with Gasteiger partial charge in [-0.3, -0.25) is 5.32 Å². The molecular formula is C19H23F3N6O3. The number of nitrogens with one attached hydrogen (secondary N) is 2. The van der Waals surface area contributed by atoms with Crippen LogP contribution in [0.25, 0.3) is 0 Å². The summed E-state index contributed by atoms with van der Waals surface area (Å²) in [5, 5.41) is 5.01. The third-order valence-electron chi connectivity index (χ3n) is 4.78. The van der Waals surface area contributed by atoms with Crippen LogP contribution in [0.3, 0.4) is 0 Å². The van der Waals surface area contributed by atoms with Crippen molar-refractivity contribution >= 4 is 23.5 Å². The fourth-order valence-electron chi connectivity index (χ4n) is 3.22. The lowest BCUT2D eigenvalue weighted by atomic mass is 10.2. The van der Waals surface area contributed by atoms with Gasteiger partial charge in [-0.15, -0.1) is 13.2 Å². The summed E-state index contributed by atoms with van der Waals surface area (Å²) in [5.74, 6) is 0.690. The molecule has 0 radical (unpaired) electrons. The summed E-state index contributed by atoms with van der Waals surface area (Å²) in [4.78, 5) is 25.0. The number of aromatic nitrogens is 2. The number of urea groups is 1. The summed E-state index contributed by atoms with van der Waals surface area (Å²) < 4.78 is 45.8. The second-order valence-corrected chi connectivity index (χ2v) is 7.05. The zero-order chi connectivity index (χ0) is 22.6.